The van der Waals surface area contributed by atoms with E-state index < -0.39 is 0 Å². The van der Waals surface area contributed by atoms with Gasteiger partial charge in [-0.3, -0.25) is 4.79 Å². The van der Waals surface area contributed by atoms with Crippen molar-refractivity contribution >= 4 is 11.6 Å². The molecule has 0 saturated carbocycles. The van der Waals surface area contributed by atoms with Gasteiger partial charge >= 0.3 is 0 Å². The number of carbonyl (C=O) groups is 1. The first-order valence-electron chi connectivity index (χ1n) is 8.86. The topological polar surface area (TPSA) is 42.0 Å². The average molecular weight is 356 g/mol. The second-order valence-corrected chi connectivity index (χ2v) is 6.18. The Kier molecular flexibility index (Phi) is 6.89. The number of nitrogens with zero attached hydrogens (tertiary/aromatic N) is 2. The Hall–Kier alpha value is -2.69. The van der Waals surface area contributed by atoms with Crippen molar-refractivity contribution in [2.75, 3.05) is 39.3 Å². The molecule has 0 aromatic heterocycles. The van der Waals surface area contributed by atoms with Crippen LogP contribution < -0.4 is 14.4 Å². The lowest BCUT2D eigenvalue weighted by atomic mass is 10.1. The lowest BCUT2D eigenvalue weighted by Crippen LogP contribution is -2.30. The maximum atomic E-state index is 12.9. The fourth-order valence-electron chi connectivity index (χ4n) is 2.71. The molecular weight excluding hydrogens is 328 g/mol. The van der Waals surface area contributed by atoms with Crippen LogP contribution in [0.3, 0.4) is 0 Å². The second-order valence-electron chi connectivity index (χ2n) is 6.18. The zero-order chi connectivity index (χ0) is 19.1. The fourth-order valence-corrected chi connectivity index (χ4v) is 2.71. The first-order chi connectivity index (χ1) is 12.5. The number of ether oxygens (including phenoxy) is 2. The molecule has 0 unspecified atom stereocenters. The summed E-state index contributed by atoms with van der Waals surface area (Å²) in [5.41, 5.74) is 2.84. The zero-order valence-corrected chi connectivity index (χ0v) is 16.3. The van der Waals surface area contributed by atoms with E-state index in [0.717, 1.165) is 11.3 Å². The van der Waals surface area contributed by atoms with Crippen molar-refractivity contribution in [1.82, 2.24) is 4.90 Å². The predicted octanol–water partition coefficient (Wildman–Crippen LogP) is 3.82. The van der Waals surface area contributed by atoms with E-state index in [0.29, 0.717) is 36.8 Å². The van der Waals surface area contributed by atoms with E-state index in [1.54, 1.807) is 25.3 Å². The molecule has 2 aromatic carbocycles. The molecule has 0 aliphatic carbocycles. The van der Waals surface area contributed by atoms with Crippen LogP contribution in [0.5, 0.6) is 11.5 Å². The number of benzene rings is 2. The predicted molar refractivity (Wildman–Crippen MR) is 105 cm³/mol. The zero-order valence-electron chi connectivity index (χ0n) is 16.3. The van der Waals surface area contributed by atoms with Crippen molar-refractivity contribution < 1.29 is 14.3 Å². The molecule has 0 spiro atoms. The highest BCUT2D eigenvalue weighted by Crippen LogP contribution is 2.28. The molecule has 26 heavy (non-hydrogen) atoms. The van der Waals surface area contributed by atoms with Gasteiger partial charge in [0.15, 0.2) is 11.5 Å². The summed E-state index contributed by atoms with van der Waals surface area (Å²) in [7, 11) is 5.61. The third-order valence-electron chi connectivity index (χ3n) is 4.21. The number of anilines is 1. The van der Waals surface area contributed by atoms with Crippen LogP contribution in [-0.4, -0.2) is 45.2 Å². The molecule has 0 fully saturated rings. The van der Waals surface area contributed by atoms with Crippen LogP contribution in [0.2, 0.25) is 0 Å². The highest BCUT2D eigenvalue weighted by atomic mass is 16.5. The van der Waals surface area contributed by atoms with Gasteiger partial charge in [-0.15, -0.1) is 0 Å². The summed E-state index contributed by atoms with van der Waals surface area (Å²) in [4.78, 5) is 16.8. The van der Waals surface area contributed by atoms with E-state index in [4.69, 9.17) is 9.47 Å². The standard InChI is InChI=1S/C21H28N2O3/c1-6-23(15-16-8-11-18(12-9-16)22(3)4)21(24)17-10-13-19(25-5)20(14-17)26-7-2/h8-14H,6-7,15H2,1-5H3. The molecule has 0 N–H and O–H groups in total. The summed E-state index contributed by atoms with van der Waals surface area (Å²) < 4.78 is 10.9. The monoisotopic (exact) mass is 356 g/mol. The maximum absolute atomic E-state index is 12.9. The number of carbonyl (C=O) groups excluding carboxylic acids is 1. The van der Waals surface area contributed by atoms with Gasteiger partial charge in [0.25, 0.3) is 5.91 Å². The third kappa shape index (κ3) is 4.69. The lowest BCUT2D eigenvalue weighted by Gasteiger charge is -2.22. The molecule has 1 amide bonds. The Balaban J connectivity index is 2.18. The Labute approximate surface area is 156 Å². The molecule has 0 radical (unpaired) electrons. The fraction of sp³-hybridized carbons (Fsp3) is 0.381. The van der Waals surface area contributed by atoms with Crippen LogP contribution >= 0.6 is 0 Å². The first-order valence-corrected chi connectivity index (χ1v) is 8.86. The van der Waals surface area contributed by atoms with E-state index in [-0.39, 0.29) is 5.91 Å². The Morgan fingerprint density at radius 2 is 1.69 bits per heavy atom. The maximum Gasteiger partial charge on any atom is 0.254 e. The van der Waals surface area contributed by atoms with Gasteiger partial charge in [0.1, 0.15) is 0 Å². The number of hydrogen-bond acceptors (Lipinski definition) is 4. The minimum atomic E-state index is -0.0206. The third-order valence-corrected chi connectivity index (χ3v) is 4.21. The SMILES string of the molecule is CCOc1cc(C(=O)N(CC)Cc2ccc(N(C)C)cc2)ccc1OC. The molecule has 5 heteroatoms. The molecule has 5 nitrogen and oxygen atoms in total. The average Bonchev–Trinajstić information content (AvgIpc) is 2.66. The number of rotatable bonds is 8. The molecule has 0 bridgehead atoms. The second kappa shape index (κ2) is 9.13. The van der Waals surface area contributed by atoms with Crippen molar-refractivity contribution in [2.24, 2.45) is 0 Å². The summed E-state index contributed by atoms with van der Waals surface area (Å²) in [5.74, 6) is 1.20. The van der Waals surface area contributed by atoms with Crippen molar-refractivity contribution in [3.63, 3.8) is 0 Å². The highest BCUT2D eigenvalue weighted by molar-refractivity contribution is 5.95. The van der Waals surface area contributed by atoms with E-state index in [9.17, 15) is 4.79 Å². The molecule has 2 aromatic rings. The van der Waals surface area contributed by atoms with Crippen LogP contribution in [-0.2, 0) is 6.54 Å². The van der Waals surface area contributed by atoms with E-state index >= 15 is 0 Å². The molecule has 2 rings (SSSR count). The Morgan fingerprint density at radius 1 is 1.00 bits per heavy atom. The van der Waals surface area contributed by atoms with Gasteiger partial charge in [-0.25, -0.2) is 0 Å². The van der Waals surface area contributed by atoms with Gasteiger partial charge in [0, 0.05) is 38.4 Å². The number of amides is 1. The van der Waals surface area contributed by atoms with E-state index in [2.05, 4.69) is 29.2 Å². The van der Waals surface area contributed by atoms with E-state index in [1.807, 2.05) is 32.8 Å². The van der Waals surface area contributed by atoms with Crippen LogP contribution in [0, 0.1) is 0 Å². The summed E-state index contributed by atoms with van der Waals surface area (Å²) in [6, 6.07) is 13.6. The smallest absolute Gasteiger partial charge is 0.254 e. The molecule has 0 aliphatic heterocycles. The van der Waals surface area contributed by atoms with Crippen molar-refractivity contribution in [2.45, 2.75) is 20.4 Å². The van der Waals surface area contributed by atoms with Gasteiger partial charge in [-0.05, 0) is 49.7 Å². The summed E-state index contributed by atoms with van der Waals surface area (Å²) >= 11 is 0. The number of hydrogen-bond donors (Lipinski definition) is 0. The van der Waals surface area contributed by atoms with Gasteiger partial charge in [0.05, 0.1) is 13.7 Å². The highest BCUT2D eigenvalue weighted by Gasteiger charge is 2.17. The quantitative estimate of drug-likeness (QED) is 0.721. The normalized spacial score (nSPS) is 10.3. The molecule has 0 saturated heterocycles. The van der Waals surface area contributed by atoms with Crippen LogP contribution in [0.4, 0.5) is 5.69 Å². The van der Waals surface area contributed by atoms with Gasteiger partial charge < -0.3 is 19.3 Å². The Bertz CT molecular complexity index is 727. The van der Waals surface area contributed by atoms with Crippen LogP contribution in [0.15, 0.2) is 42.5 Å². The largest absolute Gasteiger partial charge is 0.493 e. The van der Waals surface area contributed by atoms with E-state index in [1.165, 1.54) is 0 Å². The van der Waals surface area contributed by atoms with Crippen molar-refractivity contribution in [1.29, 1.82) is 0 Å². The first kappa shape index (κ1) is 19.6. The van der Waals surface area contributed by atoms with Gasteiger partial charge in [-0.1, -0.05) is 12.1 Å². The van der Waals surface area contributed by atoms with Gasteiger partial charge in [-0.2, -0.15) is 0 Å². The molecule has 0 aliphatic rings. The summed E-state index contributed by atoms with van der Waals surface area (Å²) in [6.45, 7) is 5.61. The molecule has 0 atom stereocenters. The van der Waals surface area contributed by atoms with Gasteiger partial charge in [0.2, 0.25) is 0 Å². The van der Waals surface area contributed by atoms with Crippen LogP contribution in [0.25, 0.3) is 0 Å². The summed E-state index contributed by atoms with van der Waals surface area (Å²) in [5, 5.41) is 0. The minimum Gasteiger partial charge on any atom is -0.493 e. The minimum absolute atomic E-state index is 0.0206. The molecule has 140 valence electrons. The van der Waals surface area contributed by atoms with Crippen LogP contribution in [0.1, 0.15) is 29.8 Å². The lowest BCUT2D eigenvalue weighted by molar-refractivity contribution is 0.0752. The summed E-state index contributed by atoms with van der Waals surface area (Å²) in [6.07, 6.45) is 0. The van der Waals surface area contributed by atoms with Crippen molar-refractivity contribution in [3.8, 4) is 11.5 Å². The Morgan fingerprint density at radius 3 is 2.23 bits per heavy atom. The molecular formula is C21H28N2O3. The number of methoxy groups -OCH3 is 1. The van der Waals surface area contributed by atoms with Crippen molar-refractivity contribution in [3.05, 3.63) is 53.6 Å². The molecule has 0 heterocycles.